The molecular weight excluding hydrogens is 627 g/mol. The molecule has 8 aromatic rings. The van der Waals surface area contributed by atoms with Gasteiger partial charge in [0.15, 0.2) is 0 Å². The van der Waals surface area contributed by atoms with Crippen LogP contribution in [0.3, 0.4) is 0 Å². The van der Waals surface area contributed by atoms with E-state index in [1.807, 2.05) is 24.3 Å². The molecule has 3 aliphatic rings. The Morgan fingerprint density at radius 2 is 0.654 bits per heavy atom. The fourth-order valence-electron chi connectivity index (χ4n) is 10.0. The average Bonchev–Trinajstić information content (AvgIpc) is 3.69. The number of hydrogen-bond donors (Lipinski definition) is 0. The van der Waals surface area contributed by atoms with Gasteiger partial charge in [-0.3, -0.25) is 0 Å². The zero-order chi connectivity index (χ0) is 34.4. The van der Waals surface area contributed by atoms with Crippen LogP contribution in [0, 0.1) is 11.3 Å². The van der Waals surface area contributed by atoms with Gasteiger partial charge in [0.1, 0.15) is 0 Å². The summed E-state index contributed by atoms with van der Waals surface area (Å²) in [4.78, 5) is 0. The molecule has 0 saturated carbocycles. The lowest BCUT2D eigenvalue weighted by atomic mass is 9.52. The van der Waals surface area contributed by atoms with E-state index in [-0.39, 0.29) is 0 Å². The summed E-state index contributed by atoms with van der Waals surface area (Å²) in [6.45, 7) is 0. The second kappa shape index (κ2) is 10.6. The minimum Gasteiger partial charge on any atom is -0.192 e. The van der Waals surface area contributed by atoms with Crippen molar-refractivity contribution in [3.8, 4) is 50.6 Å². The van der Waals surface area contributed by atoms with Crippen molar-refractivity contribution in [1.82, 2.24) is 0 Å². The van der Waals surface area contributed by atoms with Crippen molar-refractivity contribution in [2.45, 2.75) is 10.8 Å². The lowest BCUT2D eigenvalue weighted by Crippen LogP contribution is -2.43. The molecule has 0 radical (unpaired) electrons. The van der Waals surface area contributed by atoms with Gasteiger partial charge in [-0.05, 0) is 113 Å². The Bertz CT molecular complexity index is 2720. The highest BCUT2D eigenvalue weighted by Gasteiger charge is 2.58. The number of nitriles is 1. The Morgan fingerprint density at radius 1 is 0.288 bits per heavy atom. The van der Waals surface area contributed by atoms with Gasteiger partial charge in [0.25, 0.3) is 0 Å². The van der Waals surface area contributed by atoms with Gasteiger partial charge in [0.05, 0.1) is 22.5 Å². The third-order valence-electron chi connectivity index (χ3n) is 12.0. The lowest BCUT2D eigenvalue weighted by Gasteiger charge is -2.49. The largest absolute Gasteiger partial charge is 0.192 e. The van der Waals surface area contributed by atoms with Crippen molar-refractivity contribution in [1.29, 1.82) is 5.26 Å². The van der Waals surface area contributed by atoms with E-state index >= 15 is 0 Å². The van der Waals surface area contributed by atoms with Crippen molar-refractivity contribution in [3.63, 3.8) is 0 Å². The quantitative estimate of drug-likeness (QED) is 0.181. The molecule has 0 N–H and O–H groups in total. The first kappa shape index (κ1) is 29.0. The van der Waals surface area contributed by atoms with Crippen LogP contribution in [0.2, 0.25) is 0 Å². The molecule has 0 bridgehead atoms. The van der Waals surface area contributed by atoms with E-state index in [0.717, 1.165) is 11.1 Å². The summed E-state index contributed by atoms with van der Waals surface area (Å²) in [6.07, 6.45) is 0. The summed E-state index contributed by atoms with van der Waals surface area (Å²) in [5.41, 5.74) is 20.2. The molecule has 2 spiro atoms. The topological polar surface area (TPSA) is 23.8 Å². The molecule has 0 heterocycles. The molecule has 0 aromatic heterocycles. The van der Waals surface area contributed by atoms with E-state index in [0.29, 0.717) is 5.56 Å². The van der Waals surface area contributed by atoms with E-state index in [9.17, 15) is 5.26 Å². The maximum absolute atomic E-state index is 9.39. The highest BCUT2D eigenvalue weighted by Crippen LogP contribution is 2.67. The lowest BCUT2D eigenvalue weighted by molar-refractivity contribution is 0.633. The maximum atomic E-state index is 9.39. The molecule has 1 heteroatoms. The molecule has 11 rings (SSSR count). The van der Waals surface area contributed by atoms with Crippen molar-refractivity contribution >= 4 is 0 Å². The predicted molar refractivity (Wildman–Crippen MR) is 210 cm³/mol. The van der Waals surface area contributed by atoms with Crippen LogP contribution >= 0.6 is 0 Å². The van der Waals surface area contributed by atoms with Crippen LogP contribution in [-0.2, 0) is 10.8 Å². The van der Waals surface area contributed by atoms with Gasteiger partial charge < -0.3 is 0 Å². The third kappa shape index (κ3) is 3.56. The van der Waals surface area contributed by atoms with E-state index < -0.39 is 10.8 Å². The Labute approximate surface area is 303 Å². The third-order valence-corrected chi connectivity index (χ3v) is 12.0. The van der Waals surface area contributed by atoms with Crippen LogP contribution in [0.25, 0.3) is 44.5 Å². The first-order valence-corrected chi connectivity index (χ1v) is 18.0. The van der Waals surface area contributed by atoms with E-state index in [4.69, 9.17) is 0 Å². The first-order chi connectivity index (χ1) is 25.7. The molecular formula is C51H31N. The summed E-state index contributed by atoms with van der Waals surface area (Å²) < 4.78 is 0. The number of benzene rings is 8. The Hall–Kier alpha value is -6.75. The summed E-state index contributed by atoms with van der Waals surface area (Å²) in [6, 6.07) is 71.8. The molecule has 1 nitrogen and oxygen atoms in total. The second-order valence-electron chi connectivity index (χ2n) is 14.3. The van der Waals surface area contributed by atoms with Crippen LogP contribution in [0.1, 0.15) is 50.1 Å². The summed E-state index contributed by atoms with van der Waals surface area (Å²) in [5.74, 6) is 0. The molecule has 0 aliphatic heterocycles. The molecule has 0 atom stereocenters. The molecule has 240 valence electrons. The molecule has 8 aromatic carbocycles. The molecule has 0 unspecified atom stereocenters. The number of rotatable bonds is 2. The number of fused-ring (bicyclic) bond motifs is 16. The van der Waals surface area contributed by atoms with Gasteiger partial charge in [0, 0.05) is 0 Å². The molecule has 3 aliphatic carbocycles. The first-order valence-electron chi connectivity index (χ1n) is 18.0. The van der Waals surface area contributed by atoms with E-state index in [1.54, 1.807) is 0 Å². The maximum Gasteiger partial charge on any atom is 0.0991 e. The molecule has 52 heavy (non-hydrogen) atoms. The van der Waals surface area contributed by atoms with Crippen LogP contribution in [0.15, 0.2) is 188 Å². The van der Waals surface area contributed by atoms with Crippen LogP contribution in [0.4, 0.5) is 0 Å². The minimum atomic E-state index is -0.516. The normalized spacial score (nSPS) is 14.4. The molecule has 0 amide bonds. The van der Waals surface area contributed by atoms with E-state index in [2.05, 4.69) is 170 Å². The van der Waals surface area contributed by atoms with Crippen molar-refractivity contribution in [2.75, 3.05) is 0 Å². The van der Waals surface area contributed by atoms with Crippen LogP contribution in [-0.4, -0.2) is 0 Å². The van der Waals surface area contributed by atoms with Crippen molar-refractivity contribution < 1.29 is 0 Å². The highest BCUT2D eigenvalue weighted by atomic mass is 14.6. The van der Waals surface area contributed by atoms with Crippen LogP contribution in [0.5, 0.6) is 0 Å². The number of hydrogen-bond acceptors (Lipinski definition) is 1. The predicted octanol–water partition coefficient (Wildman–Crippen LogP) is 11.9. The fourth-order valence-corrected chi connectivity index (χ4v) is 10.0. The Kier molecular flexibility index (Phi) is 5.93. The van der Waals surface area contributed by atoms with Gasteiger partial charge >= 0.3 is 0 Å². The summed E-state index contributed by atoms with van der Waals surface area (Å²) >= 11 is 0. The summed E-state index contributed by atoms with van der Waals surface area (Å²) in [7, 11) is 0. The van der Waals surface area contributed by atoms with Crippen LogP contribution < -0.4 is 0 Å². The van der Waals surface area contributed by atoms with Gasteiger partial charge in [-0.25, -0.2) is 0 Å². The Balaban J connectivity index is 1.27. The second-order valence-corrected chi connectivity index (χ2v) is 14.3. The number of nitrogens with zero attached hydrogens (tertiary/aromatic N) is 1. The van der Waals surface area contributed by atoms with E-state index in [1.165, 1.54) is 77.9 Å². The smallest absolute Gasteiger partial charge is 0.0991 e. The standard InChI is InChI=1S/C51H31N/c52-32-33-24-26-34(27-25-33)35-12-11-13-36(30-35)37-28-29-48-49(31-37)51(44-20-7-3-16-40(44)41-17-4-8-21-45(41)51)47-23-10-9-22-46(47)50(48)42-18-5-1-14-38(42)39-15-2-6-19-43(39)50/h1-31H. The van der Waals surface area contributed by atoms with Gasteiger partial charge in [-0.1, -0.05) is 164 Å². The Morgan fingerprint density at radius 3 is 1.13 bits per heavy atom. The zero-order valence-electron chi connectivity index (χ0n) is 28.3. The molecule has 0 fully saturated rings. The minimum absolute atomic E-state index is 0.486. The van der Waals surface area contributed by atoms with Gasteiger partial charge in [-0.15, -0.1) is 0 Å². The van der Waals surface area contributed by atoms with Crippen molar-refractivity contribution in [3.05, 3.63) is 238 Å². The fraction of sp³-hybridized carbons (Fsp3) is 0.0392. The average molecular weight is 658 g/mol. The highest BCUT2D eigenvalue weighted by molar-refractivity contribution is 5.94. The van der Waals surface area contributed by atoms with Gasteiger partial charge in [0.2, 0.25) is 0 Å². The molecule has 0 saturated heterocycles. The zero-order valence-corrected chi connectivity index (χ0v) is 28.3. The monoisotopic (exact) mass is 657 g/mol. The summed E-state index contributed by atoms with van der Waals surface area (Å²) in [5, 5.41) is 9.39. The SMILES string of the molecule is N#Cc1ccc(-c2cccc(-c3ccc4c(c3)C3(c5ccccc5-c5ccccc53)c3ccccc3C43c4ccccc4-c4ccccc43)c2)cc1. The van der Waals surface area contributed by atoms with Crippen molar-refractivity contribution in [2.24, 2.45) is 0 Å². The van der Waals surface area contributed by atoms with Gasteiger partial charge in [-0.2, -0.15) is 5.26 Å².